The molecule has 0 aliphatic carbocycles. The maximum Gasteiger partial charge on any atom is 0.178 e. The quantitative estimate of drug-likeness (QED) is 0.897. The van der Waals surface area contributed by atoms with Crippen LogP contribution in [-0.4, -0.2) is 24.9 Å². The van der Waals surface area contributed by atoms with Crippen molar-refractivity contribution in [1.29, 1.82) is 0 Å². The SMILES string of the molecule is OCCc1cc2c(c(Br)c1F)OCCO2. The van der Waals surface area contributed by atoms with Gasteiger partial charge in [-0.3, -0.25) is 0 Å². The second kappa shape index (κ2) is 4.37. The molecule has 0 bridgehead atoms. The standard InChI is InChI=1S/C10H10BrFO3/c11-8-9(12)6(1-2-13)5-7-10(8)15-4-3-14-7/h5,13H,1-4H2. The van der Waals surface area contributed by atoms with E-state index in [9.17, 15) is 4.39 Å². The molecule has 1 aliphatic rings. The molecular formula is C10H10BrFO3. The third-order valence-corrected chi connectivity index (χ3v) is 2.88. The summed E-state index contributed by atoms with van der Waals surface area (Å²) in [7, 11) is 0. The van der Waals surface area contributed by atoms with Crippen molar-refractivity contribution in [2.75, 3.05) is 19.8 Å². The molecule has 2 rings (SSSR count). The molecule has 82 valence electrons. The Morgan fingerprint density at radius 1 is 1.40 bits per heavy atom. The molecule has 1 N–H and O–H groups in total. The van der Waals surface area contributed by atoms with Gasteiger partial charge in [-0.1, -0.05) is 0 Å². The smallest absolute Gasteiger partial charge is 0.178 e. The van der Waals surface area contributed by atoms with Crippen molar-refractivity contribution >= 4 is 15.9 Å². The van der Waals surface area contributed by atoms with Gasteiger partial charge in [0.2, 0.25) is 0 Å². The van der Waals surface area contributed by atoms with E-state index in [0.717, 1.165) is 0 Å². The average Bonchev–Trinajstić information content (AvgIpc) is 2.26. The molecule has 1 aliphatic heterocycles. The highest BCUT2D eigenvalue weighted by Crippen LogP contribution is 2.40. The minimum atomic E-state index is -0.395. The third-order valence-electron chi connectivity index (χ3n) is 2.17. The molecule has 0 unspecified atom stereocenters. The van der Waals surface area contributed by atoms with Crippen LogP contribution in [0.15, 0.2) is 10.5 Å². The number of ether oxygens (including phenoxy) is 2. The molecule has 0 amide bonds. The molecule has 15 heavy (non-hydrogen) atoms. The Hall–Kier alpha value is -0.810. The summed E-state index contributed by atoms with van der Waals surface area (Å²) >= 11 is 3.13. The number of rotatable bonds is 2. The van der Waals surface area contributed by atoms with Gasteiger partial charge in [0.05, 0.1) is 4.47 Å². The van der Waals surface area contributed by atoms with E-state index in [1.165, 1.54) is 0 Å². The number of aliphatic hydroxyl groups excluding tert-OH is 1. The molecular weight excluding hydrogens is 267 g/mol. The van der Waals surface area contributed by atoms with Crippen LogP contribution in [0, 0.1) is 5.82 Å². The van der Waals surface area contributed by atoms with Crippen LogP contribution in [0.5, 0.6) is 11.5 Å². The summed E-state index contributed by atoms with van der Waals surface area (Å²) in [5, 5.41) is 8.79. The Bertz CT molecular complexity index is 381. The molecule has 0 aromatic heterocycles. The van der Waals surface area contributed by atoms with Gasteiger partial charge in [0, 0.05) is 6.61 Å². The predicted octanol–water partition coefficient (Wildman–Crippen LogP) is 1.89. The van der Waals surface area contributed by atoms with E-state index in [1.54, 1.807) is 6.07 Å². The number of fused-ring (bicyclic) bond motifs is 1. The first kappa shape index (κ1) is 10.7. The van der Waals surface area contributed by atoms with Crippen LogP contribution in [0.2, 0.25) is 0 Å². The number of hydrogen-bond donors (Lipinski definition) is 1. The lowest BCUT2D eigenvalue weighted by Crippen LogP contribution is -2.16. The summed E-state index contributed by atoms with van der Waals surface area (Å²) in [6.07, 6.45) is 0.265. The normalized spacial score (nSPS) is 14.1. The van der Waals surface area contributed by atoms with Gasteiger partial charge in [0.25, 0.3) is 0 Å². The molecule has 0 saturated heterocycles. The molecule has 5 heteroatoms. The van der Waals surface area contributed by atoms with E-state index >= 15 is 0 Å². The van der Waals surface area contributed by atoms with Crippen LogP contribution < -0.4 is 9.47 Å². The van der Waals surface area contributed by atoms with Crippen molar-refractivity contribution < 1.29 is 19.0 Å². The largest absolute Gasteiger partial charge is 0.486 e. The zero-order chi connectivity index (χ0) is 10.8. The summed E-state index contributed by atoms with van der Waals surface area (Å²) in [6, 6.07) is 1.57. The van der Waals surface area contributed by atoms with E-state index in [1.807, 2.05) is 0 Å². The zero-order valence-electron chi connectivity index (χ0n) is 7.93. The summed E-state index contributed by atoms with van der Waals surface area (Å²) in [5.74, 6) is 0.534. The Balaban J connectivity index is 2.47. The number of halogens is 2. The van der Waals surface area contributed by atoms with Crippen LogP contribution in [0.25, 0.3) is 0 Å². The number of aliphatic hydroxyl groups is 1. The fraction of sp³-hybridized carbons (Fsp3) is 0.400. The first-order valence-electron chi connectivity index (χ1n) is 4.61. The second-order valence-corrected chi connectivity index (χ2v) is 3.95. The lowest BCUT2D eigenvalue weighted by molar-refractivity contribution is 0.169. The van der Waals surface area contributed by atoms with Gasteiger partial charge in [-0.05, 0) is 34.0 Å². The molecule has 0 spiro atoms. The molecule has 0 fully saturated rings. The summed E-state index contributed by atoms with van der Waals surface area (Å²) in [5.41, 5.74) is 0.425. The van der Waals surface area contributed by atoms with Gasteiger partial charge in [-0.15, -0.1) is 0 Å². The van der Waals surface area contributed by atoms with E-state index in [2.05, 4.69) is 15.9 Å². The van der Waals surface area contributed by atoms with Crippen molar-refractivity contribution in [3.8, 4) is 11.5 Å². The maximum absolute atomic E-state index is 13.7. The Kier molecular flexibility index (Phi) is 3.11. The summed E-state index contributed by atoms with van der Waals surface area (Å²) in [4.78, 5) is 0. The fourth-order valence-corrected chi connectivity index (χ4v) is 2.04. The minimum Gasteiger partial charge on any atom is -0.486 e. The van der Waals surface area contributed by atoms with Crippen LogP contribution >= 0.6 is 15.9 Å². The van der Waals surface area contributed by atoms with E-state index in [0.29, 0.717) is 30.3 Å². The van der Waals surface area contributed by atoms with E-state index in [-0.39, 0.29) is 17.5 Å². The first-order valence-corrected chi connectivity index (χ1v) is 5.40. The first-order chi connectivity index (χ1) is 7.24. The maximum atomic E-state index is 13.7. The highest BCUT2D eigenvalue weighted by molar-refractivity contribution is 9.10. The minimum absolute atomic E-state index is 0.0942. The van der Waals surface area contributed by atoms with Gasteiger partial charge in [-0.25, -0.2) is 4.39 Å². The fourth-order valence-electron chi connectivity index (χ4n) is 1.48. The molecule has 3 nitrogen and oxygen atoms in total. The topological polar surface area (TPSA) is 38.7 Å². The monoisotopic (exact) mass is 276 g/mol. The highest BCUT2D eigenvalue weighted by Gasteiger charge is 2.21. The van der Waals surface area contributed by atoms with Crippen LogP contribution in [0.3, 0.4) is 0 Å². The third kappa shape index (κ3) is 1.94. The number of hydrogen-bond acceptors (Lipinski definition) is 3. The molecule has 1 aromatic carbocycles. The van der Waals surface area contributed by atoms with E-state index < -0.39 is 5.82 Å². The highest BCUT2D eigenvalue weighted by atomic mass is 79.9. The van der Waals surface area contributed by atoms with Crippen molar-refractivity contribution in [3.05, 3.63) is 21.9 Å². The van der Waals surface area contributed by atoms with Gasteiger partial charge in [0.15, 0.2) is 11.5 Å². The summed E-state index contributed by atoms with van der Waals surface area (Å²) in [6.45, 7) is 0.789. The zero-order valence-corrected chi connectivity index (χ0v) is 9.51. The van der Waals surface area contributed by atoms with Crippen molar-refractivity contribution in [1.82, 2.24) is 0 Å². The summed E-state index contributed by atoms with van der Waals surface area (Å²) < 4.78 is 24.6. The van der Waals surface area contributed by atoms with Crippen molar-refractivity contribution in [3.63, 3.8) is 0 Å². The second-order valence-electron chi connectivity index (χ2n) is 3.16. The van der Waals surface area contributed by atoms with Crippen LogP contribution in [-0.2, 0) is 6.42 Å². The molecule has 0 radical (unpaired) electrons. The molecule has 1 aromatic rings. The van der Waals surface area contributed by atoms with Crippen molar-refractivity contribution in [2.45, 2.75) is 6.42 Å². The van der Waals surface area contributed by atoms with Crippen molar-refractivity contribution in [2.24, 2.45) is 0 Å². The molecule has 1 heterocycles. The average molecular weight is 277 g/mol. The lowest BCUT2D eigenvalue weighted by atomic mass is 10.1. The van der Waals surface area contributed by atoms with Gasteiger partial charge in [-0.2, -0.15) is 0 Å². The van der Waals surface area contributed by atoms with Gasteiger partial charge < -0.3 is 14.6 Å². The van der Waals surface area contributed by atoms with Gasteiger partial charge in [0.1, 0.15) is 19.0 Å². The Labute approximate surface area is 94.9 Å². The Morgan fingerprint density at radius 2 is 2.13 bits per heavy atom. The molecule has 0 saturated carbocycles. The Morgan fingerprint density at radius 3 is 2.87 bits per heavy atom. The lowest BCUT2D eigenvalue weighted by Gasteiger charge is -2.21. The number of benzene rings is 1. The predicted molar refractivity (Wildman–Crippen MR) is 55.9 cm³/mol. The van der Waals surface area contributed by atoms with Crippen LogP contribution in [0.1, 0.15) is 5.56 Å². The van der Waals surface area contributed by atoms with Crippen LogP contribution in [0.4, 0.5) is 4.39 Å². The van der Waals surface area contributed by atoms with E-state index in [4.69, 9.17) is 14.6 Å². The van der Waals surface area contributed by atoms with Gasteiger partial charge >= 0.3 is 0 Å². The molecule has 0 atom stereocenters.